The summed E-state index contributed by atoms with van der Waals surface area (Å²) >= 11 is 0. The quantitative estimate of drug-likeness (QED) is 0.198. The van der Waals surface area contributed by atoms with Gasteiger partial charge in [0.1, 0.15) is 24.4 Å². The van der Waals surface area contributed by atoms with Gasteiger partial charge in [-0.3, -0.25) is 9.09 Å². The molecule has 17 heteroatoms. The van der Waals surface area contributed by atoms with E-state index in [0.29, 0.717) is 16.4 Å². The van der Waals surface area contributed by atoms with Crippen LogP contribution in [0.4, 0.5) is 5.95 Å². The molecular formula is C24H26N7O9P. The Labute approximate surface area is 233 Å². The fourth-order valence-corrected chi connectivity index (χ4v) is 5.09. The number of carboxylic acid groups (broad SMARTS) is 1. The van der Waals surface area contributed by atoms with Gasteiger partial charge in [-0.15, -0.1) is 0 Å². The molecule has 4 aromatic rings. The zero-order valence-corrected chi connectivity index (χ0v) is 22.9. The lowest BCUT2D eigenvalue weighted by Crippen LogP contribution is -2.44. The maximum atomic E-state index is 12.2. The Morgan fingerprint density at radius 3 is 2.83 bits per heavy atom. The minimum atomic E-state index is -2.63. The average Bonchev–Trinajstić information content (AvgIpc) is 3.44. The molecule has 0 bridgehead atoms. The molecule has 6 atom stereocenters. The largest absolute Gasteiger partial charge is 0.575 e. The Morgan fingerprint density at radius 1 is 1.32 bits per heavy atom. The Hall–Kier alpha value is -4.21. The van der Waals surface area contributed by atoms with E-state index in [1.807, 2.05) is 0 Å². The Balaban J connectivity index is 1.33. The van der Waals surface area contributed by atoms with Crippen molar-refractivity contribution >= 4 is 42.2 Å². The summed E-state index contributed by atoms with van der Waals surface area (Å²) in [6.07, 6.45) is -2.05. The third kappa shape index (κ3) is 5.42. The number of fused-ring (bicyclic) bond motifs is 2. The summed E-state index contributed by atoms with van der Waals surface area (Å²) in [4.78, 5) is 40.0. The number of ether oxygens (including phenoxy) is 3. The maximum absolute atomic E-state index is 12.2. The van der Waals surface area contributed by atoms with Crippen molar-refractivity contribution in [2.75, 3.05) is 19.5 Å². The highest BCUT2D eigenvalue weighted by Gasteiger charge is 2.54. The van der Waals surface area contributed by atoms with E-state index < -0.39 is 44.2 Å². The highest BCUT2D eigenvalue weighted by molar-refractivity contribution is 7.34. The van der Waals surface area contributed by atoms with E-state index in [9.17, 15) is 19.9 Å². The molecular weight excluding hydrogens is 561 g/mol. The number of aliphatic hydroxyl groups is 2. The summed E-state index contributed by atoms with van der Waals surface area (Å²) in [6, 6.07) is 6.80. The first-order valence-electron chi connectivity index (χ1n) is 12.2. The molecule has 0 radical (unpaired) electrons. The molecule has 1 aromatic carbocycles. The minimum Gasteiger partial charge on any atom is -0.575 e. The standard InChI is InChI=1S/C24H26N7O9P/c1-11(21(33)34)30-41(36)40-14-6-4-5-13-12(14)7-8-16(27-13)38-9-15-18(32)24(2,35)22(39-15)31-10-26-17-19(31)28-23(25)29-20(17)37-3/h4-8,10-11,15,18,22,32,35H,9H2,1-3H3,(H,33,34)(H2,25,28,29)/t11?,15-,18-,22?,24-/m1/s1. The second kappa shape index (κ2) is 11.0. The number of nitrogens with zero attached hydrogens (tertiary/aromatic N) is 6. The zero-order valence-electron chi connectivity index (χ0n) is 22.0. The van der Waals surface area contributed by atoms with Crippen molar-refractivity contribution in [2.24, 2.45) is 4.74 Å². The van der Waals surface area contributed by atoms with Crippen LogP contribution in [-0.2, 0) is 9.53 Å². The maximum Gasteiger partial charge on any atom is 0.395 e. The van der Waals surface area contributed by atoms with Crippen molar-refractivity contribution in [3.63, 3.8) is 0 Å². The average molecular weight is 587 g/mol. The van der Waals surface area contributed by atoms with Gasteiger partial charge < -0.3 is 40.2 Å². The Morgan fingerprint density at radius 2 is 2.10 bits per heavy atom. The molecule has 5 rings (SSSR count). The molecule has 0 aliphatic carbocycles. The van der Waals surface area contributed by atoms with Crippen molar-refractivity contribution in [3.05, 3.63) is 36.7 Å². The van der Waals surface area contributed by atoms with Gasteiger partial charge >= 0.3 is 14.1 Å². The number of rotatable bonds is 9. The topological polar surface area (TPSA) is 233 Å². The summed E-state index contributed by atoms with van der Waals surface area (Å²) in [5.41, 5.74) is 5.00. The van der Waals surface area contributed by atoms with E-state index in [2.05, 4.69) is 24.7 Å². The normalized spacial score (nSPS) is 23.6. The third-order valence-electron chi connectivity index (χ3n) is 6.47. The van der Waals surface area contributed by atoms with Crippen molar-refractivity contribution in [1.29, 1.82) is 0 Å². The number of pyridine rings is 1. The van der Waals surface area contributed by atoms with E-state index in [1.54, 1.807) is 24.3 Å². The van der Waals surface area contributed by atoms with E-state index in [4.69, 9.17) is 29.6 Å². The van der Waals surface area contributed by atoms with Crippen LogP contribution < -0.4 is 24.6 Å². The number of carbonyl (C=O) groups is 1. The van der Waals surface area contributed by atoms with Gasteiger partial charge in [-0.2, -0.15) is 9.97 Å². The van der Waals surface area contributed by atoms with Gasteiger partial charge in [0.2, 0.25) is 17.7 Å². The number of nitrogen functional groups attached to an aromatic ring is 1. The first kappa shape index (κ1) is 28.3. The van der Waals surface area contributed by atoms with Crippen LogP contribution >= 0.6 is 8.17 Å². The van der Waals surface area contributed by atoms with E-state index >= 15 is 0 Å². The molecule has 1 fully saturated rings. The van der Waals surface area contributed by atoms with Gasteiger partial charge in [0, 0.05) is 11.5 Å². The number of anilines is 1. The number of aliphatic carboxylic acids is 1. The van der Waals surface area contributed by atoms with Crippen molar-refractivity contribution in [1.82, 2.24) is 24.5 Å². The lowest BCUT2D eigenvalue weighted by molar-refractivity contribution is -0.169. The molecule has 216 valence electrons. The second-order valence-corrected chi connectivity index (χ2v) is 10.2. The Kier molecular flexibility index (Phi) is 7.59. The van der Waals surface area contributed by atoms with E-state index in [-0.39, 0.29) is 35.7 Å². The first-order valence-corrected chi connectivity index (χ1v) is 13.3. The molecule has 5 N–H and O–H groups in total. The summed E-state index contributed by atoms with van der Waals surface area (Å²) < 4.78 is 27.4. The van der Waals surface area contributed by atoms with Gasteiger partial charge in [-0.1, -0.05) is 10.8 Å². The molecule has 41 heavy (non-hydrogen) atoms. The zero-order chi connectivity index (χ0) is 29.5. The van der Waals surface area contributed by atoms with Crippen LogP contribution in [0.1, 0.15) is 20.1 Å². The molecule has 0 saturated carbocycles. The lowest BCUT2D eigenvalue weighted by atomic mass is 9.96. The number of nitrogens with two attached hydrogens (primary N) is 1. The SMILES string of the molecule is COc1nc(N)nc2c1ncn2C1O[C@H](COc2ccc3c(O/[P+]([O-])=N/C(C)C(=O)O)cccc3n2)[C@@H](O)[C@@]1(C)O. The minimum absolute atomic E-state index is 0.0683. The van der Waals surface area contributed by atoms with Crippen LogP contribution in [-0.4, -0.2) is 83.4 Å². The summed E-state index contributed by atoms with van der Waals surface area (Å²) in [7, 11) is -1.22. The number of carboxylic acids is 1. The number of imidazole rings is 1. The number of hydrogen-bond acceptors (Lipinski definition) is 14. The third-order valence-corrected chi connectivity index (χ3v) is 7.36. The molecule has 1 aliphatic heterocycles. The predicted molar refractivity (Wildman–Crippen MR) is 141 cm³/mol. The molecule has 1 aliphatic rings. The molecule has 0 amide bonds. The van der Waals surface area contributed by atoms with E-state index in [1.165, 1.54) is 37.9 Å². The van der Waals surface area contributed by atoms with Crippen molar-refractivity contribution in [2.45, 2.75) is 43.9 Å². The molecule has 3 unspecified atom stereocenters. The van der Waals surface area contributed by atoms with Crippen molar-refractivity contribution < 1.29 is 43.7 Å². The van der Waals surface area contributed by atoms with Gasteiger partial charge in [0.25, 0.3) is 0 Å². The smallest absolute Gasteiger partial charge is 0.395 e. The number of benzene rings is 1. The number of methoxy groups -OCH3 is 1. The number of aromatic nitrogens is 5. The van der Waals surface area contributed by atoms with Gasteiger partial charge in [-0.05, 0) is 32.0 Å². The predicted octanol–water partition coefficient (Wildman–Crippen LogP) is 0.761. The molecule has 3 aromatic heterocycles. The fraction of sp³-hybridized carbons (Fsp3) is 0.375. The van der Waals surface area contributed by atoms with Gasteiger partial charge in [0.05, 0.1) is 19.0 Å². The Bertz CT molecular complexity index is 1650. The second-order valence-electron chi connectivity index (χ2n) is 9.35. The molecule has 0 spiro atoms. The summed E-state index contributed by atoms with van der Waals surface area (Å²) in [5, 5.41) is 31.5. The highest BCUT2D eigenvalue weighted by Crippen LogP contribution is 2.40. The molecule has 16 nitrogen and oxygen atoms in total. The molecule has 1 saturated heterocycles. The van der Waals surface area contributed by atoms with Crippen LogP contribution in [0.5, 0.6) is 17.5 Å². The van der Waals surface area contributed by atoms with Gasteiger partial charge in [0.15, 0.2) is 29.2 Å². The van der Waals surface area contributed by atoms with Crippen LogP contribution in [0.25, 0.3) is 22.1 Å². The monoisotopic (exact) mass is 587 g/mol. The number of hydrogen-bond donors (Lipinski definition) is 4. The van der Waals surface area contributed by atoms with Crippen LogP contribution in [0, 0.1) is 0 Å². The van der Waals surface area contributed by atoms with Gasteiger partial charge in [-0.25, -0.2) is 14.8 Å². The highest BCUT2D eigenvalue weighted by atomic mass is 31.1. The number of aliphatic hydroxyl groups excluding tert-OH is 1. The fourth-order valence-electron chi connectivity index (χ4n) is 4.33. The van der Waals surface area contributed by atoms with E-state index in [0.717, 1.165) is 0 Å². The van der Waals surface area contributed by atoms with Crippen molar-refractivity contribution in [3.8, 4) is 17.5 Å². The molecule has 4 heterocycles. The van der Waals surface area contributed by atoms with Crippen LogP contribution in [0.2, 0.25) is 0 Å². The lowest BCUT2D eigenvalue weighted by Gasteiger charge is -2.27. The summed E-state index contributed by atoms with van der Waals surface area (Å²) in [6.45, 7) is 2.53. The van der Waals surface area contributed by atoms with Crippen LogP contribution in [0.15, 0.2) is 41.4 Å². The van der Waals surface area contributed by atoms with Crippen LogP contribution in [0.3, 0.4) is 0 Å². The first-order chi connectivity index (χ1) is 19.5. The summed E-state index contributed by atoms with van der Waals surface area (Å²) in [5.74, 6) is -0.760.